The molecule has 0 heterocycles. The molecule has 1 N–H and O–H groups in total. The van der Waals surface area contributed by atoms with Crippen molar-refractivity contribution in [3.63, 3.8) is 0 Å². The number of nitrogens with zero attached hydrogens (tertiary/aromatic N) is 1. The van der Waals surface area contributed by atoms with E-state index in [1.54, 1.807) is 16.7 Å². The van der Waals surface area contributed by atoms with Crippen LogP contribution in [0.3, 0.4) is 0 Å². The van der Waals surface area contributed by atoms with E-state index < -0.39 is 6.04 Å². The summed E-state index contributed by atoms with van der Waals surface area (Å²) in [7, 11) is 0. The first-order valence-corrected chi connectivity index (χ1v) is 12.8. The Bertz CT molecular complexity index is 877. The Morgan fingerprint density at radius 1 is 1.03 bits per heavy atom. The van der Waals surface area contributed by atoms with E-state index in [1.807, 2.05) is 69.3 Å². The molecular weight excluding hydrogens is 463 g/mol. The fourth-order valence-electron chi connectivity index (χ4n) is 3.26. The number of hydrogen-bond donors (Lipinski definition) is 1. The molecule has 0 saturated heterocycles. The molecule has 0 fully saturated rings. The zero-order valence-corrected chi connectivity index (χ0v) is 21.3. The minimum atomic E-state index is -0.531. The molecular formula is C25H32Cl2N2O2S. The SMILES string of the molecule is CC[C@@H](C)NC(=O)[C@@H](CC)N(Cc1ccccc1Cl)C(=O)CCCSc1ccc(Cl)cc1. The van der Waals surface area contributed by atoms with Crippen LogP contribution in [0.2, 0.25) is 10.0 Å². The lowest BCUT2D eigenvalue weighted by Gasteiger charge is -2.31. The molecule has 2 amide bonds. The normalized spacial score (nSPS) is 12.8. The maximum absolute atomic E-state index is 13.3. The second kappa shape index (κ2) is 13.8. The molecule has 7 heteroatoms. The fourth-order valence-corrected chi connectivity index (χ4v) is 4.43. The summed E-state index contributed by atoms with van der Waals surface area (Å²) in [6, 6.07) is 14.7. The molecule has 4 nitrogen and oxygen atoms in total. The lowest BCUT2D eigenvalue weighted by molar-refractivity contribution is -0.141. The predicted molar refractivity (Wildman–Crippen MR) is 135 cm³/mol. The third-order valence-corrected chi connectivity index (χ3v) is 7.02. The van der Waals surface area contributed by atoms with Crippen molar-refractivity contribution in [3.05, 3.63) is 64.1 Å². The Labute approximate surface area is 206 Å². The van der Waals surface area contributed by atoms with Crippen LogP contribution in [0.25, 0.3) is 0 Å². The number of rotatable bonds is 12. The van der Waals surface area contributed by atoms with Gasteiger partial charge in [0.15, 0.2) is 0 Å². The van der Waals surface area contributed by atoms with E-state index in [2.05, 4.69) is 5.32 Å². The smallest absolute Gasteiger partial charge is 0.243 e. The molecule has 174 valence electrons. The van der Waals surface area contributed by atoms with Gasteiger partial charge in [0.05, 0.1) is 0 Å². The topological polar surface area (TPSA) is 49.4 Å². The first kappa shape index (κ1) is 26.6. The van der Waals surface area contributed by atoms with Gasteiger partial charge < -0.3 is 10.2 Å². The fraction of sp³-hybridized carbons (Fsp3) is 0.440. The lowest BCUT2D eigenvalue weighted by Crippen LogP contribution is -2.50. The first-order valence-electron chi connectivity index (χ1n) is 11.1. The number of benzene rings is 2. The molecule has 2 aromatic carbocycles. The number of thioether (sulfide) groups is 1. The summed E-state index contributed by atoms with van der Waals surface area (Å²) in [5.41, 5.74) is 0.841. The van der Waals surface area contributed by atoms with Gasteiger partial charge in [-0.25, -0.2) is 0 Å². The highest BCUT2D eigenvalue weighted by molar-refractivity contribution is 7.99. The summed E-state index contributed by atoms with van der Waals surface area (Å²) < 4.78 is 0. The minimum absolute atomic E-state index is 0.0345. The number of amides is 2. The monoisotopic (exact) mass is 494 g/mol. The van der Waals surface area contributed by atoms with Gasteiger partial charge in [0, 0.05) is 33.9 Å². The van der Waals surface area contributed by atoms with Crippen molar-refractivity contribution in [2.75, 3.05) is 5.75 Å². The van der Waals surface area contributed by atoms with Gasteiger partial charge >= 0.3 is 0 Å². The number of hydrogen-bond acceptors (Lipinski definition) is 3. The van der Waals surface area contributed by atoms with Crippen molar-refractivity contribution in [3.8, 4) is 0 Å². The van der Waals surface area contributed by atoms with Gasteiger partial charge in [-0.1, -0.05) is 55.2 Å². The van der Waals surface area contributed by atoms with Crippen molar-refractivity contribution < 1.29 is 9.59 Å². The summed E-state index contributed by atoms with van der Waals surface area (Å²) in [6.45, 7) is 6.25. The van der Waals surface area contributed by atoms with Gasteiger partial charge in [0.1, 0.15) is 6.04 Å². The van der Waals surface area contributed by atoms with Crippen LogP contribution in [0.1, 0.15) is 52.0 Å². The molecule has 2 atom stereocenters. The molecule has 0 spiro atoms. The number of carbonyl (C=O) groups excluding carboxylic acids is 2. The third kappa shape index (κ3) is 8.34. The minimum Gasteiger partial charge on any atom is -0.352 e. The maximum Gasteiger partial charge on any atom is 0.243 e. The Balaban J connectivity index is 2.07. The van der Waals surface area contributed by atoms with Crippen LogP contribution in [0.5, 0.6) is 0 Å². The number of nitrogens with one attached hydrogen (secondary N) is 1. The van der Waals surface area contributed by atoms with Crippen molar-refractivity contribution in [2.45, 2.75) is 70.0 Å². The highest BCUT2D eigenvalue weighted by atomic mass is 35.5. The van der Waals surface area contributed by atoms with E-state index in [4.69, 9.17) is 23.2 Å². The van der Waals surface area contributed by atoms with Gasteiger partial charge in [-0.3, -0.25) is 9.59 Å². The average Bonchev–Trinajstić information content (AvgIpc) is 2.78. The van der Waals surface area contributed by atoms with E-state index in [0.29, 0.717) is 35.9 Å². The van der Waals surface area contributed by atoms with Gasteiger partial charge in [-0.05, 0) is 67.8 Å². The maximum atomic E-state index is 13.3. The molecule has 0 aliphatic rings. The summed E-state index contributed by atoms with van der Waals surface area (Å²) in [5.74, 6) is 0.661. The van der Waals surface area contributed by atoms with Gasteiger partial charge in [0.25, 0.3) is 0 Å². The lowest BCUT2D eigenvalue weighted by atomic mass is 10.1. The summed E-state index contributed by atoms with van der Waals surface area (Å²) in [5, 5.41) is 4.34. The van der Waals surface area contributed by atoms with E-state index >= 15 is 0 Å². The van der Waals surface area contributed by atoms with Crippen molar-refractivity contribution in [1.29, 1.82) is 0 Å². The van der Waals surface area contributed by atoms with Gasteiger partial charge in [-0.2, -0.15) is 0 Å². The van der Waals surface area contributed by atoms with E-state index in [1.165, 1.54) is 0 Å². The molecule has 0 unspecified atom stereocenters. The Hall–Kier alpha value is -1.69. The Morgan fingerprint density at radius 3 is 2.34 bits per heavy atom. The Kier molecular flexibility index (Phi) is 11.4. The number of halogens is 2. The van der Waals surface area contributed by atoms with Crippen LogP contribution in [0.15, 0.2) is 53.4 Å². The molecule has 32 heavy (non-hydrogen) atoms. The highest BCUT2D eigenvalue weighted by Crippen LogP contribution is 2.23. The standard InChI is InChI=1S/C25H32Cl2N2O2S/c1-4-18(3)28-25(31)23(5-2)29(17-19-9-6-7-10-22(19)27)24(30)11-8-16-32-21-14-12-20(26)13-15-21/h6-7,9-10,12-15,18,23H,4-5,8,11,16-17H2,1-3H3,(H,28,31)/t18-,23-/m1/s1. The summed E-state index contributed by atoms with van der Waals surface area (Å²) in [6.07, 6.45) is 2.47. The Morgan fingerprint density at radius 2 is 1.72 bits per heavy atom. The van der Waals surface area contributed by atoms with Crippen LogP contribution < -0.4 is 5.32 Å². The quantitative estimate of drug-likeness (QED) is 0.267. The van der Waals surface area contributed by atoms with E-state index in [-0.39, 0.29) is 17.9 Å². The highest BCUT2D eigenvalue weighted by Gasteiger charge is 2.29. The van der Waals surface area contributed by atoms with Crippen molar-refractivity contribution in [1.82, 2.24) is 10.2 Å². The van der Waals surface area contributed by atoms with E-state index in [0.717, 1.165) is 22.6 Å². The molecule has 0 saturated carbocycles. The summed E-state index contributed by atoms with van der Waals surface area (Å²) in [4.78, 5) is 29.0. The first-order chi connectivity index (χ1) is 15.3. The molecule has 0 aliphatic heterocycles. The molecule has 0 bridgehead atoms. The molecule has 0 radical (unpaired) electrons. The molecule has 2 rings (SSSR count). The molecule has 2 aromatic rings. The van der Waals surface area contributed by atoms with Crippen LogP contribution >= 0.6 is 35.0 Å². The average molecular weight is 496 g/mol. The van der Waals surface area contributed by atoms with Crippen LogP contribution in [0, 0.1) is 0 Å². The largest absolute Gasteiger partial charge is 0.352 e. The van der Waals surface area contributed by atoms with Crippen molar-refractivity contribution in [2.24, 2.45) is 0 Å². The zero-order valence-electron chi connectivity index (χ0n) is 18.9. The summed E-state index contributed by atoms with van der Waals surface area (Å²) >= 11 is 14.0. The predicted octanol–water partition coefficient (Wildman–Crippen LogP) is 6.59. The van der Waals surface area contributed by atoms with Gasteiger partial charge in [0.2, 0.25) is 11.8 Å². The van der Waals surface area contributed by atoms with Crippen LogP contribution in [-0.4, -0.2) is 34.6 Å². The third-order valence-electron chi connectivity index (χ3n) is 5.30. The molecule has 0 aromatic heterocycles. The van der Waals surface area contributed by atoms with Crippen LogP contribution in [0.4, 0.5) is 0 Å². The second-order valence-corrected chi connectivity index (χ2v) is 9.77. The molecule has 0 aliphatic carbocycles. The zero-order chi connectivity index (χ0) is 23.5. The van der Waals surface area contributed by atoms with Gasteiger partial charge in [-0.15, -0.1) is 11.8 Å². The second-order valence-electron chi connectivity index (χ2n) is 7.76. The number of carbonyl (C=O) groups is 2. The van der Waals surface area contributed by atoms with Crippen molar-refractivity contribution >= 4 is 46.8 Å². The van der Waals surface area contributed by atoms with Crippen LogP contribution in [-0.2, 0) is 16.1 Å². The van der Waals surface area contributed by atoms with E-state index in [9.17, 15) is 9.59 Å².